The monoisotopic (exact) mass is 148 g/mol. The van der Waals surface area contributed by atoms with Crippen molar-refractivity contribution in [2.24, 2.45) is 0 Å². The van der Waals surface area contributed by atoms with Crippen molar-refractivity contribution in [1.82, 2.24) is 0 Å². The van der Waals surface area contributed by atoms with Gasteiger partial charge in [0.2, 0.25) is 0 Å². The predicted molar refractivity (Wildman–Crippen MR) is 39.8 cm³/mol. The summed E-state index contributed by atoms with van der Waals surface area (Å²) < 4.78 is 0. The molecule has 0 aromatic heterocycles. The summed E-state index contributed by atoms with van der Waals surface area (Å²) in [5, 5.41) is 0. The number of alkyl halides is 1. The average molecular weight is 149 g/mol. The van der Waals surface area contributed by atoms with E-state index in [0.29, 0.717) is 6.42 Å². The molecule has 0 rings (SSSR count). The Morgan fingerprint density at radius 3 is 2.00 bits per heavy atom. The van der Waals surface area contributed by atoms with Crippen molar-refractivity contribution in [2.45, 2.75) is 38.0 Å². The fourth-order valence-corrected chi connectivity index (χ4v) is 0.751. The predicted octanol–water partition coefficient (Wildman–Crippen LogP) is 2.37. The highest BCUT2D eigenvalue weighted by atomic mass is 35.5. The molecule has 0 amide bonds. The van der Waals surface area contributed by atoms with Gasteiger partial charge in [0.25, 0.3) is 0 Å². The van der Waals surface area contributed by atoms with E-state index in [2.05, 4.69) is 0 Å². The lowest BCUT2D eigenvalue weighted by atomic mass is 9.99. The summed E-state index contributed by atoms with van der Waals surface area (Å²) in [5.41, 5.74) is 0. The molecule has 0 aromatic carbocycles. The van der Waals surface area contributed by atoms with Gasteiger partial charge >= 0.3 is 0 Å². The maximum atomic E-state index is 10.1. The number of aldehydes is 1. The van der Waals surface area contributed by atoms with Gasteiger partial charge in [0.05, 0.1) is 4.87 Å². The lowest BCUT2D eigenvalue weighted by molar-refractivity contribution is -0.108. The number of carbonyl (C=O) groups is 1. The van der Waals surface area contributed by atoms with Gasteiger partial charge in [0.1, 0.15) is 6.29 Å². The normalized spacial score (nSPS) is 11.4. The third-order valence-electron chi connectivity index (χ3n) is 1.72. The molecule has 0 saturated carbocycles. The molecule has 0 fully saturated rings. The van der Waals surface area contributed by atoms with E-state index in [1.54, 1.807) is 0 Å². The Balaban J connectivity index is 3.75. The molecular weight excluding hydrogens is 136 g/mol. The minimum Gasteiger partial charge on any atom is -0.303 e. The summed E-state index contributed by atoms with van der Waals surface area (Å²) in [5.74, 6) is 0. The van der Waals surface area contributed by atoms with E-state index in [1.807, 2.05) is 13.8 Å². The van der Waals surface area contributed by atoms with Crippen molar-refractivity contribution >= 4 is 17.9 Å². The van der Waals surface area contributed by atoms with E-state index in [-0.39, 0.29) is 4.87 Å². The lowest BCUT2D eigenvalue weighted by Crippen LogP contribution is -2.18. The topological polar surface area (TPSA) is 17.1 Å². The molecule has 0 aromatic rings. The van der Waals surface area contributed by atoms with Gasteiger partial charge in [-0.1, -0.05) is 13.8 Å². The highest BCUT2D eigenvalue weighted by Gasteiger charge is 2.21. The fourth-order valence-electron chi connectivity index (χ4n) is 0.688. The maximum absolute atomic E-state index is 10.1. The van der Waals surface area contributed by atoms with E-state index in [9.17, 15) is 4.79 Å². The summed E-state index contributed by atoms with van der Waals surface area (Å²) in [4.78, 5) is 9.79. The number of halogens is 1. The largest absolute Gasteiger partial charge is 0.303 e. The third kappa shape index (κ3) is 2.85. The van der Waals surface area contributed by atoms with Gasteiger partial charge in [0, 0.05) is 6.42 Å². The molecule has 0 aliphatic rings. The molecule has 0 atom stereocenters. The number of hydrogen-bond acceptors (Lipinski definition) is 1. The molecule has 0 radical (unpaired) electrons. The zero-order chi connectivity index (χ0) is 7.33. The molecule has 0 aliphatic heterocycles. The van der Waals surface area contributed by atoms with E-state index >= 15 is 0 Å². The Kier molecular flexibility index (Phi) is 3.87. The van der Waals surface area contributed by atoms with Crippen LogP contribution < -0.4 is 0 Å². The lowest BCUT2D eigenvalue weighted by Gasteiger charge is -2.19. The molecule has 0 N–H and O–H groups in total. The van der Waals surface area contributed by atoms with Crippen molar-refractivity contribution in [3.05, 3.63) is 0 Å². The smallest absolute Gasteiger partial charge is 0.121 e. The van der Waals surface area contributed by atoms with Crippen LogP contribution in [0.1, 0.15) is 33.1 Å². The fraction of sp³-hybridized carbons (Fsp3) is 0.857. The number of hydrogen-bond donors (Lipinski definition) is 0. The minimum absolute atomic E-state index is 0.262. The van der Waals surface area contributed by atoms with E-state index in [4.69, 9.17) is 11.6 Å². The summed E-state index contributed by atoms with van der Waals surface area (Å²) >= 11 is 5.98. The average Bonchev–Trinajstić information content (AvgIpc) is 1.89. The van der Waals surface area contributed by atoms with Crippen molar-refractivity contribution < 1.29 is 4.79 Å². The van der Waals surface area contributed by atoms with Gasteiger partial charge < -0.3 is 4.79 Å². The Labute approximate surface area is 61.4 Å². The summed E-state index contributed by atoms with van der Waals surface area (Å²) in [6.07, 6.45) is 3.09. The summed E-state index contributed by atoms with van der Waals surface area (Å²) in [6, 6.07) is 0. The highest BCUT2D eigenvalue weighted by Crippen LogP contribution is 2.26. The van der Waals surface area contributed by atoms with E-state index in [0.717, 1.165) is 19.1 Å². The maximum Gasteiger partial charge on any atom is 0.121 e. The second-order valence-corrected chi connectivity index (χ2v) is 3.03. The molecule has 54 valence electrons. The second-order valence-electron chi connectivity index (χ2n) is 2.23. The molecule has 2 heteroatoms. The van der Waals surface area contributed by atoms with Crippen molar-refractivity contribution in [1.29, 1.82) is 0 Å². The van der Waals surface area contributed by atoms with Crippen LogP contribution in [0.5, 0.6) is 0 Å². The zero-order valence-corrected chi connectivity index (χ0v) is 6.74. The second kappa shape index (κ2) is 3.89. The summed E-state index contributed by atoms with van der Waals surface area (Å²) in [6.45, 7) is 4.00. The standard InChI is InChI=1S/C7H13ClO/c1-3-7(8,4-2)5-6-9/h6H,3-5H2,1-2H3. The molecule has 0 bridgehead atoms. The first-order chi connectivity index (χ1) is 4.18. The van der Waals surface area contributed by atoms with E-state index < -0.39 is 0 Å². The van der Waals surface area contributed by atoms with Crippen LogP contribution in [0, 0.1) is 0 Å². The van der Waals surface area contributed by atoms with Crippen molar-refractivity contribution in [3.8, 4) is 0 Å². The van der Waals surface area contributed by atoms with Crippen molar-refractivity contribution in [3.63, 3.8) is 0 Å². The Bertz CT molecular complexity index is 86.9. The first kappa shape index (κ1) is 8.96. The first-order valence-electron chi connectivity index (χ1n) is 3.31. The number of rotatable bonds is 4. The Morgan fingerprint density at radius 2 is 1.89 bits per heavy atom. The Hall–Kier alpha value is -0.0400. The zero-order valence-electron chi connectivity index (χ0n) is 5.98. The quantitative estimate of drug-likeness (QED) is 0.442. The van der Waals surface area contributed by atoms with Gasteiger partial charge in [-0.2, -0.15) is 0 Å². The van der Waals surface area contributed by atoms with Crippen molar-refractivity contribution in [2.75, 3.05) is 0 Å². The highest BCUT2D eigenvalue weighted by molar-refractivity contribution is 6.24. The summed E-state index contributed by atoms with van der Waals surface area (Å²) in [7, 11) is 0. The van der Waals surface area contributed by atoms with Gasteiger partial charge in [-0.3, -0.25) is 0 Å². The Morgan fingerprint density at radius 1 is 1.44 bits per heavy atom. The number of carbonyl (C=O) groups excluding carboxylic acids is 1. The van der Waals surface area contributed by atoms with Crippen LogP contribution in [-0.2, 0) is 4.79 Å². The molecule has 0 unspecified atom stereocenters. The molecule has 9 heavy (non-hydrogen) atoms. The molecule has 0 heterocycles. The minimum atomic E-state index is -0.262. The van der Waals surface area contributed by atoms with Crippen LogP contribution in [0.15, 0.2) is 0 Å². The van der Waals surface area contributed by atoms with Gasteiger partial charge in [-0.25, -0.2) is 0 Å². The molecular formula is C7H13ClO. The van der Waals surface area contributed by atoms with Crippen LogP contribution in [0.25, 0.3) is 0 Å². The van der Waals surface area contributed by atoms with Gasteiger partial charge in [-0.15, -0.1) is 11.6 Å². The first-order valence-corrected chi connectivity index (χ1v) is 3.69. The molecule has 0 spiro atoms. The third-order valence-corrected chi connectivity index (χ3v) is 2.41. The van der Waals surface area contributed by atoms with Crippen LogP contribution in [0.2, 0.25) is 0 Å². The van der Waals surface area contributed by atoms with Crippen LogP contribution >= 0.6 is 11.6 Å². The molecule has 1 nitrogen and oxygen atoms in total. The molecule has 0 saturated heterocycles. The SMILES string of the molecule is CCC(Cl)(CC)CC=O. The van der Waals surface area contributed by atoms with Crippen LogP contribution in [0.4, 0.5) is 0 Å². The van der Waals surface area contributed by atoms with Gasteiger partial charge in [0.15, 0.2) is 0 Å². The van der Waals surface area contributed by atoms with Gasteiger partial charge in [-0.05, 0) is 12.8 Å². The molecule has 0 aliphatic carbocycles. The van der Waals surface area contributed by atoms with E-state index in [1.165, 1.54) is 0 Å². The van der Waals surface area contributed by atoms with Crippen LogP contribution in [-0.4, -0.2) is 11.2 Å². The van der Waals surface area contributed by atoms with Crippen LogP contribution in [0.3, 0.4) is 0 Å².